The molecule has 0 aliphatic carbocycles. The van der Waals surface area contributed by atoms with Crippen LogP contribution in [0.3, 0.4) is 0 Å². The van der Waals surface area contributed by atoms with E-state index in [9.17, 15) is 5.11 Å². The quantitative estimate of drug-likeness (QED) is 0.792. The molecule has 0 heterocycles. The normalized spacial score (nSPS) is 15.4. The van der Waals surface area contributed by atoms with Crippen molar-refractivity contribution in [3.8, 4) is 0 Å². The Morgan fingerprint density at radius 2 is 1.68 bits per heavy atom. The number of hydrogen-bond acceptors (Lipinski definition) is 1. The zero-order valence-electron chi connectivity index (χ0n) is 12.7. The highest BCUT2D eigenvalue weighted by Crippen LogP contribution is 2.27. The van der Waals surface area contributed by atoms with Crippen molar-refractivity contribution in [1.29, 1.82) is 0 Å². The summed E-state index contributed by atoms with van der Waals surface area (Å²) in [5.74, 6) is 0. The first-order chi connectivity index (χ1) is 10.1. The van der Waals surface area contributed by atoms with Gasteiger partial charge < -0.3 is 5.11 Å². The molecule has 0 bridgehead atoms. The Hall–Kier alpha value is -2.12. The van der Waals surface area contributed by atoms with Gasteiger partial charge in [-0.3, -0.25) is 0 Å². The van der Waals surface area contributed by atoms with E-state index in [-0.39, 0.29) is 13.0 Å². The van der Waals surface area contributed by atoms with Gasteiger partial charge >= 0.3 is 0 Å². The van der Waals surface area contributed by atoms with Crippen LogP contribution in [0, 0.1) is 0 Å². The molecule has 1 heteroatoms. The molecule has 2 rings (SSSR count). The van der Waals surface area contributed by atoms with Crippen LogP contribution in [-0.2, 0) is 5.60 Å². The highest BCUT2D eigenvalue weighted by atomic mass is 16.3. The van der Waals surface area contributed by atoms with Gasteiger partial charge in [0.15, 0.2) is 0 Å². The molecule has 19 heavy (non-hydrogen) atoms. The molecular weight excluding hydrogens is 232 g/mol. The molecule has 1 nitrogen and oxygen atoms in total. The summed E-state index contributed by atoms with van der Waals surface area (Å²) in [5.41, 5.74) is 0.521. The fourth-order valence-corrected chi connectivity index (χ4v) is 1.96. The van der Waals surface area contributed by atoms with Crippen molar-refractivity contribution in [2.45, 2.75) is 12.0 Å². The van der Waals surface area contributed by atoms with Gasteiger partial charge in [-0.1, -0.05) is 72.8 Å². The molecule has 1 atom stereocenters. The third-order valence-electron chi connectivity index (χ3n) is 3.04. The molecule has 1 N–H and O–H groups in total. The highest BCUT2D eigenvalue weighted by Gasteiger charge is 2.23. The van der Waals surface area contributed by atoms with E-state index in [1.165, 1.54) is 6.08 Å². The third-order valence-corrected chi connectivity index (χ3v) is 3.04. The third kappa shape index (κ3) is 3.43. The molecule has 0 amide bonds. The molecule has 0 saturated heterocycles. The fraction of sp³-hybridized carbons (Fsp3) is 0.111. The standard InChI is InChI=1S/C18H18O/c1-2-14-18(19,17-11-7-4-8-12-17)15-13-16-9-5-3-6-10-16/h2-13,15,19H,1,14H2/b15-13+/i1D2. The molecule has 2 aromatic carbocycles. The van der Waals surface area contributed by atoms with Crippen molar-refractivity contribution in [3.63, 3.8) is 0 Å². The number of aliphatic hydroxyl groups is 1. The van der Waals surface area contributed by atoms with Gasteiger partial charge in [-0.05, 0) is 17.2 Å². The van der Waals surface area contributed by atoms with Gasteiger partial charge in [0.05, 0.1) is 2.74 Å². The molecule has 2 aromatic rings. The van der Waals surface area contributed by atoms with Gasteiger partial charge in [-0.15, -0.1) is 6.53 Å². The van der Waals surface area contributed by atoms with Gasteiger partial charge in [-0.25, -0.2) is 0 Å². The number of rotatable bonds is 5. The topological polar surface area (TPSA) is 20.2 Å². The van der Waals surface area contributed by atoms with Crippen LogP contribution in [0.5, 0.6) is 0 Å². The predicted molar refractivity (Wildman–Crippen MR) is 80.6 cm³/mol. The zero-order valence-corrected chi connectivity index (χ0v) is 10.7. The molecule has 96 valence electrons. The Morgan fingerprint density at radius 3 is 2.32 bits per heavy atom. The van der Waals surface area contributed by atoms with Crippen LogP contribution in [-0.4, -0.2) is 5.11 Å². The predicted octanol–water partition coefficient (Wildman–Crippen LogP) is 4.16. The van der Waals surface area contributed by atoms with Crippen molar-refractivity contribution < 1.29 is 7.85 Å². The Morgan fingerprint density at radius 1 is 1.05 bits per heavy atom. The molecule has 0 aliphatic heterocycles. The van der Waals surface area contributed by atoms with Crippen molar-refractivity contribution in [3.05, 3.63) is 90.5 Å². The Labute approximate surface area is 117 Å². The minimum atomic E-state index is -1.22. The Kier molecular flexibility index (Phi) is 3.50. The minimum Gasteiger partial charge on any atom is -0.381 e. The summed E-state index contributed by atoms with van der Waals surface area (Å²) in [4.78, 5) is 0. The van der Waals surface area contributed by atoms with Crippen LogP contribution in [0.25, 0.3) is 6.08 Å². The van der Waals surface area contributed by atoms with Crippen LogP contribution in [0.4, 0.5) is 0 Å². The van der Waals surface area contributed by atoms with Crippen LogP contribution < -0.4 is 0 Å². The lowest BCUT2D eigenvalue weighted by molar-refractivity contribution is 0.0938. The van der Waals surface area contributed by atoms with E-state index >= 15 is 0 Å². The SMILES string of the molecule is [2H]C([2H])=CCC(O)(/C=C/c1ccccc1)c1ccccc1. The molecule has 0 fully saturated rings. The smallest absolute Gasteiger partial charge is 0.111 e. The van der Waals surface area contributed by atoms with Gasteiger partial charge in [0, 0.05) is 6.42 Å². The van der Waals surface area contributed by atoms with Crippen LogP contribution in [0.1, 0.15) is 20.3 Å². The summed E-state index contributed by atoms with van der Waals surface area (Å²) in [6.45, 7) is -0.294. The fourth-order valence-electron chi connectivity index (χ4n) is 1.96. The largest absolute Gasteiger partial charge is 0.381 e. The molecular formula is C18H18O. The second kappa shape index (κ2) is 6.17. The monoisotopic (exact) mass is 252 g/mol. The lowest BCUT2D eigenvalue weighted by atomic mass is 9.89. The maximum Gasteiger partial charge on any atom is 0.111 e. The van der Waals surface area contributed by atoms with Crippen molar-refractivity contribution >= 4 is 6.08 Å². The summed E-state index contributed by atoms with van der Waals surface area (Å²) in [7, 11) is 0. The molecule has 0 spiro atoms. The maximum atomic E-state index is 10.9. The van der Waals surface area contributed by atoms with Gasteiger partial charge in [-0.2, -0.15) is 0 Å². The summed E-state index contributed by atoms with van der Waals surface area (Å²) in [6, 6.07) is 19.0. The summed E-state index contributed by atoms with van der Waals surface area (Å²) >= 11 is 0. The van der Waals surface area contributed by atoms with E-state index in [1.807, 2.05) is 66.7 Å². The zero-order chi connectivity index (χ0) is 15.1. The van der Waals surface area contributed by atoms with E-state index in [0.717, 1.165) is 11.1 Å². The Balaban J connectivity index is 2.32. The van der Waals surface area contributed by atoms with Crippen LogP contribution in [0.2, 0.25) is 0 Å². The molecule has 0 saturated carbocycles. The number of benzene rings is 2. The Bertz CT molecular complexity index is 616. The second-order valence-electron chi connectivity index (χ2n) is 4.44. The van der Waals surface area contributed by atoms with E-state index in [4.69, 9.17) is 2.74 Å². The van der Waals surface area contributed by atoms with Crippen LogP contribution >= 0.6 is 0 Å². The molecule has 0 radical (unpaired) electrons. The van der Waals surface area contributed by atoms with Crippen molar-refractivity contribution in [2.24, 2.45) is 0 Å². The summed E-state index contributed by atoms with van der Waals surface area (Å²) < 4.78 is 14.4. The van der Waals surface area contributed by atoms with Gasteiger partial charge in [0.1, 0.15) is 5.60 Å². The molecule has 0 aromatic heterocycles. The van der Waals surface area contributed by atoms with E-state index in [1.54, 1.807) is 6.08 Å². The first kappa shape index (κ1) is 10.8. The summed E-state index contributed by atoms with van der Waals surface area (Å²) in [6.07, 6.45) is 5.18. The van der Waals surface area contributed by atoms with Crippen LogP contribution in [0.15, 0.2) is 79.3 Å². The van der Waals surface area contributed by atoms with Gasteiger partial charge in [0.2, 0.25) is 0 Å². The number of hydrogen-bond donors (Lipinski definition) is 1. The molecule has 1 unspecified atom stereocenters. The van der Waals surface area contributed by atoms with Crippen molar-refractivity contribution in [2.75, 3.05) is 0 Å². The lowest BCUT2D eigenvalue weighted by Gasteiger charge is -2.23. The second-order valence-corrected chi connectivity index (χ2v) is 4.44. The van der Waals surface area contributed by atoms with Gasteiger partial charge in [0.25, 0.3) is 0 Å². The summed E-state index contributed by atoms with van der Waals surface area (Å²) in [5, 5.41) is 10.9. The lowest BCUT2D eigenvalue weighted by Crippen LogP contribution is -2.21. The maximum absolute atomic E-state index is 10.9. The van der Waals surface area contributed by atoms with E-state index in [2.05, 4.69) is 0 Å². The highest BCUT2D eigenvalue weighted by molar-refractivity contribution is 5.51. The average molecular weight is 252 g/mol. The molecule has 0 aliphatic rings. The average Bonchev–Trinajstić information content (AvgIpc) is 2.53. The first-order valence-corrected chi connectivity index (χ1v) is 6.26. The van der Waals surface area contributed by atoms with E-state index in [0.29, 0.717) is 0 Å². The first-order valence-electron chi connectivity index (χ1n) is 7.26. The van der Waals surface area contributed by atoms with Crippen molar-refractivity contribution in [1.82, 2.24) is 0 Å². The minimum absolute atomic E-state index is 0.197. The van der Waals surface area contributed by atoms with E-state index < -0.39 is 5.60 Å².